The molecule has 5 rings (SSSR count). The highest BCUT2D eigenvalue weighted by atomic mass is 16.3. The van der Waals surface area contributed by atoms with Crippen molar-refractivity contribution in [3.8, 4) is 0 Å². The van der Waals surface area contributed by atoms with Crippen LogP contribution in [0.3, 0.4) is 0 Å². The fourth-order valence-corrected chi connectivity index (χ4v) is 4.61. The highest BCUT2D eigenvalue weighted by Crippen LogP contribution is 2.23. The number of carbonyl (C=O) groups is 1. The second-order valence-electron chi connectivity index (χ2n) is 8.65. The number of amides is 1. The molecule has 0 saturated carbocycles. The largest absolute Gasteiger partial charge is 0.390 e. The molecule has 32 heavy (non-hydrogen) atoms. The Labute approximate surface area is 187 Å². The van der Waals surface area contributed by atoms with Crippen molar-refractivity contribution in [2.75, 3.05) is 31.5 Å². The van der Waals surface area contributed by atoms with Crippen LogP contribution in [-0.2, 0) is 26.4 Å². The molecule has 8 nitrogen and oxygen atoms in total. The van der Waals surface area contributed by atoms with Crippen molar-refractivity contribution in [2.45, 2.75) is 25.5 Å². The van der Waals surface area contributed by atoms with Gasteiger partial charge in [0.15, 0.2) is 0 Å². The number of pyridine rings is 1. The molecule has 0 aliphatic carbocycles. The number of fused-ring (bicyclic) bond motifs is 2. The summed E-state index contributed by atoms with van der Waals surface area (Å²) in [6.07, 6.45) is 6.44. The van der Waals surface area contributed by atoms with E-state index in [9.17, 15) is 9.90 Å². The first-order valence-corrected chi connectivity index (χ1v) is 11.1. The van der Waals surface area contributed by atoms with Crippen molar-refractivity contribution in [1.29, 1.82) is 0 Å². The van der Waals surface area contributed by atoms with E-state index in [1.165, 1.54) is 11.1 Å². The predicted molar refractivity (Wildman–Crippen MR) is 122 cm³/mol. The molecule has 1 amide bonds. The molecular weight excluding hydrogens is 404 g/mol. The summed E-state index contributed by atoms with van der Waals surface area (Å²) in [6, 6.07) is 10.3. The Hall–Kier alpha value is -3.23. The number of anilines is 2. The molecule has 4 heterocycles. The number of hydrogen-bond acceptors (Lipinski definition) is 6. The van der Waals surface area contributed by atoms with E-state index in [4.69, 9.17) is 0 Å². The Kier molecular flexibility index (Phi) is 5.63. The Balaban J connectivity index is 1.22. The molecule has 0 spiro atoms. The Morgan fingerprint density at radius 2 is 1.94 bits per heavy atom. The summed E-state index contributed by atoms with van der Waals surface area (Å²) in [5, 5.41) is 18.1. The van der Waals surface area contributed by atoms with Crippen molar-refractivity contribution in [1.82, 2.24) is 24.6 Å². The maximum atomic E-state index is 13.1. The minimum atomic E-state index is -0.588. The van der Waals surface area contributed by atoms with Crippen LogP contribution in [-0.4, -0.2) is 67.9 Å². The van der Waals surface area contributed by atoms with Crippen LogP contribution in [0.25, 0.3) is 0 Å². The molecule has 2 N–H and O–H groups in total. The summed E-state index contributed by atoms with van der Waals surface area (Å²) in [5.74, 6) is -0.0726. The average molecular weight is 433 g/mol. The van der Waals surface area contributed by atoms with Crippen molar-refractivity contribution >= 4 is 17.3 Å². The quantitative estimate of drug-likeness (QED) is 0.620. The first-order valence-electron chi connectivity index (χ1n) is 11.1. The maximum absolute atomic E-state index is 13.1. The normalized spacial score (nSPS) is 17.1. The monoisotopic (exact) mass is 432 g/mol. The minimum Gasteiger partial charge on any atom is -0.390 e. The Bertz CT molecular complexity index is 1130. The Morgan fingerprint density at radius 3 is 2.75 bits per heavy atom. The summed E-state index contributed by atoms with van der Waals surface area (Å²) in [7, 11) is 1.85. The van der Waals surface area contributed by atoms with E-state index >= 15 is 0 Å². The van der Waals surface area contributed by atoms with Crippen LogP contribution in [0.4, 0.5) is 11.4 Å². The van der Waals surface area contributed by atoms with Crippen molar-refractivity contribution in [3.05, 3.63) is 71.3 Å². The third-order valence-corrected chi connectivity index (χ3v) is 6.21. The molecule has 0 radical (unpaired) electrons. The number of aromatic nitrogens is 3. The second-order valence-corrected chi connectivity index (χ2v) is 8.65. The molecule has 166 valence electrons. The predicted octanol–water partition coefficient (Wildman–Crippen LogP) is 1.98. The number of nitrogens with zero attached hydrogens (tertiary/aromatic N) is 5. The first-order chi connectivity index (χ1) is 15.5. The van der Waals surface area contributed by atoms with Crippen molar-refractivity contribution in [2.24, 2.45) is 7.05 Å². The molecule has 8 heteroatoms. The number of carbonyl (C=O) groups excluding carboxylic acids is 1. The summed E-state index contributed by atoms with van der Waals surface area (Å²) in [4.78, 5) is 21.6. The number of aryl methyl sites for hydroxylation is 1. The smallest absolute Gasteiger partial charge is 0.255 e. The van der Waals surface area contributed by atoms with E-state index in [0.717, 1.165) is 36.6 Å². The Morgan fingerprint density at radius 1 is 1.09 bits per heavy atom. The second kappa shape index (κ2) is 8.72. The number of hydrogen-bond donors (Lipinski definition) is 2. The van der Waals surface area contributed by atoms with Gasteiger partial charge in [0, 0.05) is 52.4 Å². The molecule has 0 bridgehead atoms. The molecule has 2 aliphatic rings. The van der Waals surface area contributed by atoms with Gasteiger partial charge in [-0.05, 0) is 23.6 Å². The third-order valence-electron chi connectivity index (χ3n) is 6.21. The highest BCUT2D eigenvalue weighted by molar-refractivity contribution is 5.97. The number of aliphatic hydroxyl groups is 1. The summed E-state index contributed by atoms with van der Waals surface area (Å²) >= 11 is 0. The zero-order chi connectivity index (χ0) is 22.1. The molecule has 0 saturated heterocycles. The lowest BCUT2D eigenvalue weighted by molar-refractivity contribution is 0.0491. The van der Waals surface area contributed by atoms with Crippen LogP contribution in [0.2, 0.25) is 0 Å². The van der Waals surface area contributed by atoms with Gasteiger partial charge in [0.25, 0.3) is 5.91 Å². The first kappa shape index (κ1) is 20.7. The van der Waals surface area contributed by atoms with Gasteiger partial charge in [0.05, 0.1) is 41.1 Å². The lowest BCUT2D eigenvalue weighted by Crippen LogP contribution is -2.46. The van der Waals surface area contributed by atoms with Crippen LogP contribution in [0.1, 0.15) is 27.2 Å². The zero-order valence-corrected chi connectivity index (χ0v) is 18.2. The number of nitrogens with one attached hydrogen (secondary N) is 1. The van der Waals surface area contributed by atoms with Gasteiger partial charge in [-0.3, -0.25) is 19.4 Å². The number of benzene rings is 1. The number of aliphatic hydroxyl groups excluding tert-OH is 1. The van der Waals surface area contributed by atoms with E-state index in [2.05, 4.69) is 44.6 Å². The maximum Gasteiger partial charge on any atom is 0.255 e. The van der Waals surface area contributed by atoms with Crippen LogP contribution in [0.5, 0.6) is 0 Å². The molecule has 2 aliphatic heterocycles. The molecule has 3 aromatic rings. The molecule has 2 aromatic heterocycles. The molecule has 1 aromatic carbocycles. The van der Waals surface area contributed by atoms with E-state index in [-0.39, 0.29) is 5.91 Å². The van der Waals surface area contributed by atoms with Gasteiger partial charge in [-0.25, -0.2) is 0 Å². The van der Waals surface area contributed by atoms with Gasteiger partial charge in [-0.1, -0.05) is 24.3 Å². The zero-order valence-electron chi connectivity index (χ0n) is 18.2. The molecular formula is C24H28N6O2. The third kappa shape index (κ3) is 4.37. The highest BCUT2D eigenvalue weighted by Gasteiger charge is 2.28. The van der Waals surface area contributed by atoms with E-state index < -0.39 is 6.10 Å². The fourth-order valence-electron chi connectivity index (χ4n) is 4.61. The van der Waals surface area contributed by atoms with Gasteiger partial charge in [-0.15, -0.1) is 0 Å². The van der Waals surface area contributed by atoms with Gasteiger partial charge < -0.3 is 15.3 Å². The SMILES string of the molecule is Cn1cc(Nc2cnc3c(c2)C(=O)N(CC(O)CN2CCc4ccccc4C2)CC3)cn1. The summed E-state index contributed by atoms with van der Waals surface area (Å²) in [5.41, 5.74) is 5.72. The number of rotatable bonds is 6. The van der Waals surface area contributed by atoms with Gasteiger partial charge in [0.1, 0.15) is 0 Å². The standard InChI is InChI=1S/C24H28N6O2/c1-28-14-20(12-26-28)27-19-10-22-23(25-11-19)7-9-30(24(22)32)16-21(31)15-29-8-6-17-4-2-3-5-18(17)13-29/h2-5,10-12,14,21,27,31H,6-9,13,15-16H2,1H3. The molecule has 0 fully saturated rings. The van der Waals surface area contributed by atoms with E-state index in [0.29, 0.717) is 31.6 Å². The molecule has 1 atom stereocenters. The van der Waals surface area contributed by atoms with Gasteiger partial charge in [-0.2, -0.15) is 5.10 Å². The van der Waals surface area contributed by atoms with Crippen LogP contribution in [0, 0.1) is 0 Å². The van der Waals surface area contributed by atoms with Crippen LogP contribution >= 0.6 is 0 Å². The summed E-state index contributed by atoms with van der Waals surface area (Å²) in [6.45, 7) is 3.24. The average Bonchev–Trinajstić information content (AvgIpc) is 3.20. The lowest BCUT2D eigenvalue weighted by atomic mass is 9.99. The van der Waals surface area contributed by atoms with Crippen molar-refractivity contribution < 1.29 is 9.90 Å². The van der Waals surface area contributed by atoms with E-state index in [1.54, 1.807) is 22.0 Å². The van der Waals surface area contributed by atoms with Crippen molar-refractivity contribution in [3.63, 3.8) is 0 Å². The van der Waals surface area contributed by atoms with E-state index in [1.807, 2.05) is 19.3 Å². The minimum absolute atomic E-state index is 0.0726. The topological polar surface area (TPSA) is 86.5 Å². The summed E-state index contributed by atoms with van der Waals surface area (Å²) < 4.78 is 1.71. The lowest BCUT2D eigenvalue weighted by Gasteiger charge is -2.33. The molecule has 1 unspecified atom stereocenters. The number of β-amino-alcohol motifs (C(OH)–C–C–N with tert-alkyl or cyclic N) is 1. The van der Waals surface area contributed by atoms with Crippen LogP contribution in [0.15, 0.2) is 48.9 Å². The van der Waals surface area contributed by atoms with Crippen LogP contribution < -0.4 is 5.32 Å². The van der Waals surface area contributed by atoms with Gasteiger partial charge in [0.2, 0.25) is 0 Å². The fraction of sp³-hybridized carbons (Fsp3) is 0.375. The van der Waals surface area contributed by atoms with Gasteiger partial charge >= 0.3 is 0 Å².